The van der Waals surface area contributed by atoms with Gasteiger partial charge in [0.05, 0.1) is 46.1 Å². The minimum absolute atomic E-state index is 0.0394. The topological polar surface area (TPSA) is 98.5 Å². The Hall–Kier alpha value is -3.89. The monoisotopic (exact) mass is 639 g/mol. The molecule has 0 aromatic heterocycles. The lowest BCUT2D eigenvalue weighted by Gasteiger charge is -2.47. The minimum atomic E-state index is -0.732. The molecule has 8 heteroatoms. The third kappa shape index (κ3) is 10.6. The average molecular weight is 640 g/mol. The lowest BCUT2D eigenvalue weighted by Crippen LogP contribution is -2.65. The second-order valence-electron chi connectivity index (χ2n) is 11.6. The van der Waals surface area contributed by atoms with Gasteiger partial charge < -0.3 is 34.2 Å². The van der Waals surface area contributed by atoms with Crippen molar-refractivity contribution < 1.29 is 33.2 Å². The molecule has 1 fully saturated rings. The van der Waals surface area contributed by atoms with Crippen LogP contribution in [0.15, 0.2) is 121 Å². The first-order valence-corrected chi connectivity index (χ1v) is 16.3. The Balaban J connectivity index is 1.46. The number of benzene rings is 4. The molecule has 2 N–H and O–H groups in total. The molecule has 0 bridgehead atoms. The molecule has 47 heavy (non-hydrogen) atoms. The van der Waals surface area contributed by atoms with Crippen LogP contribution in [-0.4, -0.2) is 55.7 Å². The van der Waals surface area contributed by atoms with E-state index in [2.05, 4.69) is 0 Å². The molecule has 5 rings (SSSR count). The molecule has 4 aromatic carbocycles. The zero-order chi connectivity index (χ0) is 32.7. The number of ether oxygens (including phenoxy) is 6. The summed E-state index contributed by atoms with van der Waals surface area (Å²) < 4.78 is 38.3. The van der Waals surface area contributed by atoms with Crippen LogP contribution in [0, 0.1) is 0 Å². The third-order valence-electron chi connectivity index (χ3n) is 8.05. The summed E-state index contributed by atoms with van der Waals surface area (Å²) in [6.45, 7) is 3.60. The van der Waals surface area contributed by atoms with E-state index in [-0.39, 0.29) is 19.6 Å². The van der Waals surface area contributed by atoms with Crippen LogP contribution in [0.1, 0.15) is 35.6 Å². The van der Waals surface area contributed by atoms with Gasteiger partial charge in [-0.15, -0.1) is 0 Å². The van der Waals surface area contributed by atoms with Gasteiger partial charge >= 0.3 is 5.97 Å². The van der Waals surface area contributed by atoms with Gasteiger partial charge in [0.15, 0.2) is 0 Å². The summed E-state index contributed by atoms with van der Waals surface area (Å²) >= 11 is 0. The minimum Gasteiger partial charge on any atom is -0.466 e. The van der Waals surface area contributed by atoms with Crippen LogP contribution in [0.5, 0.6) is 0 Å². The molecule has 0 unspecified atom stereocenters. The van der Waals surface area contributed by atoms with Gasteiger partial charge in [0, 0.05) is 6.04 Å². The average Bonchev–Trinajstić information content (AvgIpc) is 3.11. The number of nitrogens with two attached hydrogens (primary N) is 1. The first kappa shape index (κ1) is 34.4. The zero-order valence-electron chi connectivity index (χ0n) is 26.9. The number of esters is 1. The molecule has 1 saturated heterocycles. The van der Waals surface area contributed by atoms with Crippen molar-refractivity contribution in [1.82, 2.24) is 0 Å². The SMILES string of the molecule is CCOC(=O)C[C@@H](N)[C@H]1O[C@H](COCc2ccccc2)[C@H](OCc2ccccc2)[C@H](OCc2ccccc2)[C@H]1OCc1ccccc1. The van der Waals surface area contributed by atoms with Crippen LogP contribution >= 0.6 is 0 Å². The summed E-state index contributed by atoms with van der Waals surface area (Å²) in [7, 11) is 0. The highest BCUT2D eigenvalue weighted by Gasteiger charge is 2.50. The normalized spacial score (nSPS) is 21.6. The van der Waals surface area contributed by atoms with Crippen LogP contribution in [0.3, 0.4) is 0 Å². The fraction of sp³-hybridized carbons (Fsp3) is 0.359. The Morgan fingerprint density at radius 1 is 0.638 bits per heavy atom. The van der Waals surface area contributed by atoms with Crippen molar-refractivity contribution in [2.24, 2.45) is 5.73 Å². The maximum atomic E-state index is 12.6. The zero-order valence-corrected chi connectivity index (χ0v) is 26.9. The van der Waals surface area contributed by atoms with E-state index >= 15 is 0 Å². The standard InChI is InChI=1S/C39H45NO7/c1-2-43-35(41)23-33(40)36-38(45-26-31-19-11-5-12-20-31)39(46-27-32-21-13-6-14-22-32)37(44-25-30-17-9-4-10-18-30)34(47-36)28-42-24-29-15-7-3-8-16-29/h3-22,33-34,36-39H,2,23-28,40H2,1H3/t33-,34-,36-,37+,38+,39+/m1/s1. The Labute approximate surface area is 277 Å². The first-order chi connectivity index (χ1) is 23.1. The maximum Gasteiger partial charge on any atom is 0.307 e. The Kier molecular flexibility index (Phi) is 13.5. The number of carbonyl (C=O) groups excluding carboxylic acids is 1. The van der Waals surface area contributed by atoms with Crippen LogP contribution in [0.2, 0.25) is 0 Å². The van der Waals surface area contributed by atoms with Crippen LogP contribution in [-0.2, 0) is 59.6 Å². The van der Waals surface area contributed by atoms with E-state index in [4.69, 9.17) is 34.2 Å². The van der Waals surface area contributed by atoms with Crippen LogP contribution in [0.25, 0.3) is 0 Å². The molecule has 0 saturated carbocycles. The maximum absolute atomic E-state index is 12.6. The highest BCUT2D eigenvalue weighted by atomic mass is 16.6. The van der Waals surface area contributed by atoms with Gasteiger partial charge in [-0.25, -0.2) is 0 Å². The van der Waals surface area contributed by atoms with Gasteiger partial charge in [-0.05, 0) is 29.2 Å². The smallest absolute Gasteiger partial charge is 0.307 e. The number of carbonyl (C=O) groups is 1. The molecular weight excluding hydrogens is 594 g/mol. The fourth-order valence-electron chi connectivity index (χ4n) is 5.70. The summed E-state index contributed by atoms with van der Waals surface area (Å²) in [4.78, 5) is 12.6. The number of hydrogen-bond acceptors (Lipinski definition) is 8. The molecule has 0 spiro atoms. The molecule has 4 aromatic rings. The van der Waals surface area contributed by atoms with E-state index in [9.17, 15) is 4.79 Å². The van der Waals surface area contributed by atoms with Crippen molar-refractivity contribution >= 4 is 5.97 Å². The molecule has 248 valence electrons. The summed E-state index contributed by atoms with van der Waals surface area (Å²) in [5.41, 5.74) is 10.8. The van der Waals surface area contributed by atoms with Gasteiger partial charge in [0.25, 0.3) is 0 Å². The molecule has 0 aliphatic carbocycles. The van der Waals surface area contributed by atoms with E-state index in [1.54, 1.807) is 6.92 Å². The Morgan fingerprint density at radius 2 is 1.06 bits per heavy atom. The largest absolute Gasteiger partial charge is 0.466 e. The van der Waals surface area contributed by atoms with Crippen LogP contribution < -0.4 is 5.73 Å². The van der Waals surface area contributed by atoms with Crippen molar-refractivity contribution in [3.05, 3.63) is 144 Å². The Morgan fingerprint density at radius 3 is 1.53 bits per heavy atom. The molecule has 1 heterocycles. The second-order valence-corrected chi connectivity index (χ2v) is 11.6. The second kappa shape index (κ2) is 18.4. The van der Waals surface area contributed by atoms with Gasteiger partial charge in [0.2, 0.25) is 0 Å². The van der Waals surface area contributed by atoms with Crippen molar-refractivity contribution in [3.63, 3.8) is 0 Å². The summed E-state index contributed by atoms with van der Waals surface area (Å²) in [6.07, 6.45) is -3.19. The lowest BCUT2D eigenvalue weighted by atomic mass is 9.89. The molecule has 0 radical (unpaired) electrons. The van der Waals surface area contributed by atoms with E-state index in [0.29, 0.717) is 26.4 Å². The van der Waals surface area contributed by atoms with Crippen molar-refractivity contribution in [3.8, 4) is 0 Å². The van der Waals surface area contributed by atoms with Gasteiger partial charge in [0.1, 0.15) is 30.5 Å². The summed E-state index contributed by atoms with van der Waals surface area (Å²) in [5, 5.41) is 0. The highest BCUT2D eigenvalue weighted by molar-refractivity contribution is 5.70. The number of rotatable bonds is 17. The van der Waals surface area contributed by atoms with E-state index in [1.807, 2.05) is 121 Å². The highest BCUT2D eigenvalue weighted by Crippen LogP contribution is 2.32. The fourth-order valence-corrected chi connectivity index (χ4v) is 5.70. The van der Waals surface area contributed by atoms with E-state index < -0.39 is 42.5 Å². The van der Waals surface area contributed by atoms with Crippen LogP contribution in [0.4, 0.5) is 0 Å². The molecule has 1 aliphatic heterocycles. The lowest BCUT2D eigenvalue weighted by molar-refractivity contribution is -0.276. The molecule has 1 aliphatic rings. The molecular formula is C39H45NO7. The Bertz CT molecular complexity index is 1440. The van der Waals surface area contributed by atoms with Gasteiger partial charge in [-0.3, -0.25) is 4.79 Å². The first-order valence-electron chi connectivity index (χ1n) is 16.3. The molecule has 6 atom stereocenters. The summed E-state index contributed by atoms with van der Waals surface area (Å²) in [6, 6.07) is 39.1. The summed E-state index contributed by atoms with van der Waals surface area (Å²) in [5.74, 6) is -0.397. The van der Waals surface area contributed by atoms with Gasteiger partial charge in [-0.2, -0.15) is 0 Å². The van der Waals surface area contributed by atoms with E-state index in [1.165, 1.54) is 0 Å². The third-order valence-corrected chi connectivity index (χ3v) is 8.05. The number of hydrogen-bond donors (Lipinski definition) is 1. The van der Waals surface area contributed by atoms with Crippen molar-refractivity contribution in [1.29, 1.82) is 0 Å². The predicted octanol–water partition coefficient (Wildman–Crippen LogP) is 6.01. The molecule has 0 amide bonds. The predicted molar refractivity (Wildman–Crippen MR) is 179 cm³/mol. The molecule has 8 nitrogen and oxygen atoms in total. The van der Waals surface area contributed by atoms with Gasteiger partial charge in [-0.1, -0.05) is 121 Å². The van der Waals surface area contributed by atoms with Crippen molar-refractivity contribution in [2.45, 2.75) is 76.3 Å². The quantitative estimate of drug-likeness (QED) is 0.140. The van der Waals surface area contributed by atoms with E-state index in [0.717, 1.165) is 22.3 Å². The van der Waals surface area contributed by atoms with Crippen molar-refractivity contribution in [2.75, 3.05) is 13.2 Å².